The Hall–Kier alpha value is -2.20. The van der Waals surface area contributed by atoms with Crippen LogP contribution in [0.3, 0.4) is 0 Å². The van der Waals surface area contributed by atoms with Crippen LogP contribution >= 0.6 is 11.6 Å². The summed E-state index contributed by atoms with van der Waals surface area (Å²) >= 11 is 6.33. The van der Waals surface area contributed by atoms with E-state index in [1.807, 2.05) is 12.1 Å². The molecule has 3 aromatic heterocycles. The Morgan fingerprint density at radius 1 is 1.05 bits per heavy atom. The lowest BCUT2D eigenvalue weighted by molar-refractivity contribution is 0.593. The number of hydrogen-bond acceptors (Lipinski definition) is 4. The van der Waals surface area contributed by atoms with Gasteiger partial charge in [0.25, 0.3) is 0 Å². The SMILES string of the molecule is CC(C)(C)c1c(-c2ccncc2Cl)nc2cnccc2c1N. The van der Waals surface area contributed by atoms with Gasteiger partial charge in [0.1, 0.15) is 0 Å². The van der Waals surface area contributed by atoms with E-state index in [4.69, 9.17) is 22.3 Å². The van der Waals surface area contributed by atoms with Gasteiger partial charge in [-0.2, -0.15) is 0 Å². The van der Waals surface area contributed by atoms with E-state index in [2.05, 4.69) is 30.7 Å². The van der Waals surface area contributed by atoms with Crippen LogP contribution in [0.1, 0.15) is 26.3 Å². The fourth-order valence-electron chi connectivity index (χ4n) is 2.66. The summed E-state index contributed by atoms with van der Waals surface area (Å²) in [5, 5.41) is 1.47. The van der Waals surface area contributed by atoms with Crippen LogP contribution < -0.4 is 5.73 Å². The van der Waals surface area contributed by atoms with Crippen molar-refractivity contribution in [1.29, 1.82) is 0 Å². The van der Waals surface area contributed by atoms with Crippen LogP contribution in [-0.2, 0) is 5.41 Å². The zero-order valence-electron chi connectivity index (χ0n) is 12.8. The zero-order valence-corrected chi connectivity index (χ0v) is 13.5. The van der Waals surface area contributed by atoms with Crippen LogP contribution in [0.25, 0.3) is 22.2 Å². The minimum Gasteiger partial charge on any atom is -0.398 e. The smallest absolute Gasteiger partial charge is 0.0913 e. The summed E-state index contributed by atoms with van der Waals surface area (Å²) < 4.78 is 0. The second-order valence-corrected chi connectivity index (χ2v) is 6.65. The molecule has 3 heterocycles. The molecule has 0 bridgehead atoms. The van der Waals surface area contributed by atoms with Crippen molar-refractivity contribution in [3.63, 3.8) is 0 Å². The number of rotatable bonds is 1. The fraction of sp³-hybridized carbons (Fsp3) is 0.235. The average molecular weight is 313 g/mol. The molecule has 0 aliphatic carbocycles. The van der Waals surface area contributed by atoms with Crippen molar-refractivity contribution < 1.29 is 0 Å². The third-order valence-electron chi connectivity index (χ3n) is 3.61. The Labute approximate surface area is 134 Å². The predicted molar refractivity (Wildman–Crippen MR) is 90.9 cm³/mol. The standard InChI is InChI=1S/C17H17ClN4/c1-17(2,3)14-15(19)11-5-7-21-9-13(11)22-16(14)10-4-6-20-8-12(10)18/h4-9H,1-3H3,(H2,19,22). The third kappa shape index (κ3) is 2.40. The lowest BCUT2D eigenvalue weighted by Crippen LogP contribution is -2.17. The number of fused-ring (bicyclic) bond motifs is 1. The lowest BCUT2D eigenvalue weighted by atomic mass is 9.82. The quantitative estimate of drug-likeness (QED) is 0.730. The molecule has 0 fully saturated rings. The van der Waals surface area contributed by atoms with E-state index in [1.54, 1.807) is 24.8 Å². The monoisotopic (exact) mass is 312 g/mol. The van der Waals surface area contributed by atoms with E-state index in [1.165, 1.54) is 0 Å². The normalized spacial score (nSPS) is 11.8. The zero-order chi connectivity index (χ0) is 15.9. The molecule has 2 N–H and O–H groups in total. The highest BCUT2D eigenvalue weighted by molar-refractivity contribution is 6.33. The van der Waals surface area contributed by atoms with Crippen molar-refractivity contribution in [1.82, 2.24) is 15.0 Å². The number of pyridine rings is 3. The Kier molecular flexibility index (Phi) is 3.49. The third-order valence-corrected chi connectivity index (χ3v) is 3.91. The Balaban J connectivity index is 2.45. The maximum Gasteiger partial charge on any atom is 0.0913 e. The summed E-state index contributed by atoms with van der Waals surface area (Å²) in [5.74, 6) is 0. The van der Waals surface area contributed by atoms with E-state index in [0.717, 1.165) is 33.4 Å². The van der Waals surface area contributed by atoms with Crippen LogP contribution in [0.15, 0.2) is 36.9 Å². The van der Waals surface area contributed by atoms with Gasteiger partial charge < -0.3 is 5.73 Å². The van der Waals surface area contributed by atoms with Gasteiger partial charge in [-0.25, -0.2) is 4.98 Å². The minimum atomic E-state index is -0.170. The molecule has 3 aromatic rings. The lowest BCUT2D eigenvalue weighted by Gasteiger charge is -2.25. The van der Waals surface area contributed by atoms with Gasteiger partial charge in [0, 0.05) is 40.8 Å². The first-order valence-corrected chi connectivity index (χ1v) is 7.41. The summed E-state index contributed by atoms with van der Waals surface area (Å²) in [6.07, 6.45) is 6.77. The number of nitrogen functional groups attached to an aromatic ring is 1. The van der Waals surface area contributed by atoms with Gasteiger partial charge in [0.2, 0.25) is 0 Å². The molecular formula is C17H17ClN4. The first-order chi connectivity index (χ1) is 10.4. The van der Waals surface area contributed by atoms with Crippen molar-refractivity contribution in [2.75, 3.05) is 5.73 Å². The topological polar surface area (TPSA) is 64.7 Å². The van der Waals surface area contributed by atoms with Gasteiger partial charge in [-0.3, -0.25) is 9.97 Å². The van der Waals surface area contributed by atoms with Gasteiger partial charge >= 0.3 is 0 Å². The van der Waals surface area contributed by atoms with E-state index < -0.39 is 0 Å². The molecule has 0 aromatic carbocycles. The molecule has 0 unspecified atom stereocenters. The summed E-state index contributed by atoms with van der Waals surface area (Å²) in [4.78, 5) is 13.0. The molecule has 0 saturated heterocycles. The van der Waals surface area contributed by atoms with Crippen LogP contribution in [0.5, 0.6) is 0 Å². The summed E-state index contributed by atoms with van der Waals surface area (Å²) in [6.45, 7) is 6.35. The second-order valence-electron chi connectivity index (χ2n) is 6.25. The molecule has 0 aliphatic heterocycles. The molecule has 4 nitrogen and oxygen atoms in total. The molecule has 0 radical (unpaired) electrons. The number of halogens is 1. The first-order valence-electron chi connectivity index (χ1n) is 7.03. The van der Waals surface area contributed by atoms with Crippen molar-refractivity contribution in [3.8, 4) is 11.3 Å². The van der Waals surface area contributed by atoms with Crippen molar-refractivity contribution in [2.45, 2.75) is 26.2 Å². The molecule has 0 amide bonds. The van der Waals surface area contributed by atoms with Crippen molar-refractivity contribution >= 4 is 28.2 Å². The Morgan fingerprint density at radius 2 is 1.73 bits per heavy atom. The molecule has 0 atom stereocenters. The number of aromatic nitrogens is 3. The maximum absolute atomic E-state index is 6.47. The fourth-order valence-corrected chi connectivity index (χ4v) is 2.87. The molecule has 22 heavy (non-hydrogen) atoms. The van der Waals surface area contributed by atoms with E-state index in [9.17, 15) is 0 Å². The second kappa shape index (κ2) is 5.21. The van der Waals surface area contributed by atoms with Gasteiger partial charge in [-0.05, 0) is 17.5 Å². The molecule has 0 aliphatic rings. The minimum absolute atomic E-state index is 0.170. The molecule has 3 rings (SSSR count). The maximum atomic E-state index is 6.47. The van der Waals surface area contributed by atoms with E-state index >= 15 is 0 Å². The molecule has 0 spiro atoms. The Bertz CT molecular complexity index is 853. The number of anilines is 1. The molecular weight excluding hydrogens is 296 g/mol. The summed E-state index contributed by atoms with van der Waals surface area (Å²) in [5.41, 5.74) is 10.4. The Morgan fingerprint density at radius 3 is 2.41 bits per heavy atom. The molecule has 0 saturated carbocycles. The first kappa shape index (κ1) is 14.7. The molecule has 5 heteroatoms. The van der Waals surface area contributed by atoms with Crippen molar-refractivity contribution in [3.05, 3.63) is 47.5 Å². The average Bonchev–Trinajstić information content (AvgIpc) is 2.46. The number of nitrogens with two attached hydrogens (primary N) is 1. The highest BCUT2D eigenvalue weighted by Gasteiger charge is 2.25. The number of hydrogen-bond donors (Lipinski definition) is 1. The largest absolute Gasteiger partial charge is 0.398 e. The van der Waals surface area contributed by atoms with Crippen LogP contribution in [0.4, 0.5) is 5.69 Å². The summed E-state index contributed by atoms with van der Waals surface area (Å²) in [6, 6.07) is 3.76. The molecule has 112 valence electrons. The highest BCUT2D eigenvalue weighted by Crippen LogP contribution is 2.40. The summed E-state index contributed by atoms with van der Waals surface area (Å²) in [7, 11) is 0. The van der Waals surface area contributed by atoms with Crippen molar-refractivity contribution in [2.24, 2.45) is 0 Å². The van der Waals surface area contributed by atoms with Gasteiger partial charge in [0.05, 0.1) is 22.4 Å². The van der Waals surface area contributed by atoms with Gasteiger partial charge in [-0.1, -0.05) is 32.4 Å². The number of nitrogens with zero attached hydrogens (tertiary/aromatic N) is 3. The van der Waals surface area contributed by atoms with Crippen LogP contribution in [0.2, 0.25) is 5.02 Å². The van der Waals surface area contributed by atoms with Crippen LogP contribution in [-0.4, -0.2) is 15.0 Å². The van der Waals surface area contributed by atoms with E-state index in [-0.39, 0.29) is 5.41 Å². The van der Waals surface area contributed by atoms with Gasteiger partial charge in [-0.15, -0.1) is 0 Å². The highest BCUT2D eigenvalue weighted by atomic mass is 35.5. The van der Waals surface area contributed by atoms with E-state index in [0.29, 0.717) is 5.02 Å². The van der Waals surface area contributed by atoms with Crippen LogP contribution in [0, 0.1) is 0 Å². The predicted octanol–water partition coefficient (Wildman–Crippen LogP) is 4.22. The van der Waals surface area contributed by atoms with Gasteiger partial charge in [0.15, 0.2) is 0 Å².